The number of rotatable bonds is 13. The van der Waals surface area contributed by atoms with Crippen molar-refractivity contribution in [3.05, 3.63) is 69.9 Å². The summed E-state index contributed by atoms with van der Waals surface area (Å²) in [6, 6.07) is 8.01. The summed E-state index contributed by atoms with van der Waals surface area (Å²) in [5, 5.41) is 34.5. The number of aromatic nitrogens is 1. The number of hydrogen-bond donors (Lipinski definition) is 3. The van der Waals surface area contributed by atoms with Crippen molar-refractivity contribution in [2.75, 3.05) is 53.3 Å². The molecular formula is C35H36N4O11S2. The second-order valence-electron chi connectivity index (χ2n) is 12.0. The molecule has 52 heavy (non-hydrogen) atoms. The number of aromatic hydroxyl groups is 2. The third-order valence-electron chi connectivity index (χ3n) is 8.77. The van der Waals surface area contributed by atoms with Crippen LogP contribution >= 0.6 is 21.6 Å². The Balaban J connectivity index is 1.11. The fourth-order valence-electron chi connectivity index (χ4n) is 5.81. The molecule has 0 fully saturated rings. The van der Waals surface area contributed by atoms with Crippen LogP contribution in [-0.2, 0) is 27.1 Å². The van der Waals surface area contributed by atoms with Gasteiger partial charge in [-0.15, -0.1) is 0 Å². The molecule has 0 radical (unpaired) electrons. The van der Waals surface area contributed by atoms with Crippen molar-refractivity contribution >= 4 is 63.5 Å². The smallest absolute Gasteiger partial charge is 0.409 e. The van der Waals surface area contributed by atoms with E-state index in [9.17, 15) is 39.3 Å². The van der Waals surface area contributed by atoms with Crippen LogP contribution in [0, 0.1) is 0 Å². The lowest BCUT2D eigenvalue weighted by Gasteiger charge is -2.34. The molecule has 2 amide bonds. The molecule has 3 aromatic rings. The number of ether oxygens (including phenoxy) is 3. The topological polar surface area (TPSA) is 205 Å². The number of amides is 2. The van der Waals surface area contributed by atoms with Gasteiger partial charge in [-0.2, -0.15) is 0 Å². The van der Waals surface area contributed by atoms with Crippen molar-refractivity contribution in [2.45, 2.75) is 29.9 Å². The zero-order valence-corrected chi connectivity index (χ0v) is 30.2. The van der Waals surface area contributed by atoms with Gasteiger partial charge in [-0.1, -0.05) is 22.9 Å². The Labute approximate surface area is 306 Å². The Bertz CT molecular complexity index is 1940. The highest BCUT2D eigenvalue weighted by molar-refractivity contribution is 8.76. The normalized spacial score (nSPS) is 15.8. The Morgan fingerprint density at radius 2 is 1.63 bits per heavy atom. The van der Waals surface area contributed by atoms with E-state index in [2.05, 4.69) is 16.7 Å². The lowest BCUT2D eigenvalue weighted by atomic mass is 9.73. The zero-order valence-electron chi connectivity index (χ0n) is 28.5. The molecule has 2 aromatic carbocycles. The lowest BCUT2D eigenvalue weighted by molar-refractivity contribution is -0.141. The molecule has 0 spiro atoms. The van der Waals surface area contributed by atoms with E-state index in [1.54, 1.807) is 12.3 Å². The first kappa shape index (κ1) is 38.1. The molecule has 15 nitrogen and oxygen atoms in total. The maximum Gasteiger partial charge on any atom is 0.409 e. The number of aliphatic hydroxyl groups is 1. The molecule has 3 N–H and O–H groups in total. The van der Waals surface area contributed by atoms with Crippen molar-refractivity contribution in [1.82, 2.24) is 14.8 Å². The van der Waals surface area contributed by atoms with Gasteiger partial charge in [0.1, 0.15) is 34.5 Å². The van der Waals surface area contributed by atoms with Gasteiger partial charge in [0.2, 0.25) is 11.6 Å². The van der Waals surface area contributed by atoms with Crippen LogP contribution in [-0.4, -0.2) is 125 Å². The van der Waals surface area contributed by atoms with Crippen LogP contribution in [0.25, 0.3) is 0 Å². The van der Waals surface area contributed by atoms with Crippen molar-refractivity contribution < 1.29 is 53.5 Å². The molecular weight excluding hydrogens is 717 g/mol. The molecule has 1 atom stereocenters. The third-order valence-corrected chi connectivity index (χ3v) is 11.0. The second-order valence-corrected chi connectivity index (χ2v) is 14.4. The lowest BCUT2D eigenvalue weighted by Crippen LogP contribution is -2.47. The number of carbonyl (C=O) groups excluding carboxylic acids is 5. The van der Waals surface area contributed by atoms with Crippen LogP contribution < -0.4 is 4.74 Å². The Morgan fingerprint density at radius 3 is 2.29 bits per heavy atom. The number of carbonyl (C=O) groups is 5. The zero-order chi connectivity index (χ0) is 37.7. The number of methoxy groups -OCH3 is 1. The summed E-state index contributed by atoms with van der Waals surface area (Å²) < 4.78 is 15.7. The summed E-state index contributed by atoms with van der Waals surface area (Å²) in [7, 11) is 7.14. The maximum absolute atomic E-state index is 13.5. The number of hydrogen-bond acceptors (Lipinski definition) is 15. The molecule has 17 heteroatoms. The highest BCUT2D eigenvalue weighted by Gasteiger charge is 2.45. The number of nitrogens with zero attached hydrogens (tertiary/aromatic N) is 4. The Hall–Kier alpha value is -5.13. The fourth-order valence-corrected chi connectivity index (χ4v) is 7.49. The minimum Gasteiger partial charge on any atom is -0.507 e. The van der Waals surface area contributed by atoms with Gasteiger partial charge in [-0.05, 0) is 48.6 Å². The highest BCUT2D eigenvalue weighted by atomic mass is 33.1. The third kappa shape index (κ3) is 7.70. The van der Waals surface area contributed by atoms with Crippen molar-refractivity contribution in [1.29, 1.82) is 0 Å². The van der Waals surface area contributed by atoms with Crippen LogP contribution in [0.1, 0.15) is 49.4 Å². The summed E-state index contributed by atoms with van der Waals surface area (Å²) in [5.74, 6) is -2.81. The summed E-state index contributed by atoms with van der Waals surface area (Å²) in [6.07, 6.45) is -0.726. The standard InChI is InChI=1S/C35H36N4O11S2/c1-36-19-8-9-25(37-17-19)52-51-15-14-49-33(45)38(2)12-13-39(3)34(46)50-18-24(40)35(47)11-10-20-22(16-35)31(43)27-28(29(20)41)32(44)26-21(30(27)42)6-5-7-23(26)48-4/h5-9,17,41,43,47H,1,10-16,18H2,2-4H3/t35-/m1/s1. The van der Waals surface area contributed by atoms with E-state index in [0.717, 1.165) is 9.93 Å². The van der Waals surface area contributed by atoms with Gasteiger partial charge in [0, 0.05) is 56.0 Å². The SMILES string of the molecule is C=Nc1ccc(SSCCOC(=O)N(C)CCN(C)C(=O)OCC(=O)[C@@]2(O)CCc3c(O)c4c(c(O)c3C2)C(=O)c2cccc(OC)c2C4=O)nc1. The first-order valence-electron chi connectivity index (χ1n) is 15.9. The summed E-state index contributed by atoms with van der Waals surface area (Å²) >= 11 is 0. The number of aliphatic imine (C=N–C) groups is 1. The number of likely N-dealkylation sites (N-methyl/N-ethyl adjacent to an activating group) is 2. The quantitative estimate of drug-likeness (QED) is 0.0765. The molecule has 2 aliphatic rings. The second kappa shape index (κ2) is 16.0. The van der Waals surface area contributed by atoms with E-state index < -0.39 is 65.2 Å². The average Bonchev–Trinajstić information content (AvgIpc) is 3.15. The molecule has 2 aliphatic carbocycles. The van der Waals surface area contributed by atoms with Gasteiger partial charge in [-0.3, -0.25) is 19.4 Å². The number of benzene rings is 2. The molecule has 0 unspecified atom stereocenters. The van der Waals surface area contributed by atoms with Crippen LogP contribution in [0.15, 0.2) is 46.5 Å². The Morgan fingerprint density at radius 1 is 0.962 bits per heavy atom. The van der Waals surface area contributed by atoms with Gasteiger partial charge in [0.05, 0.1) is 35.7 Å². The van der Waals surface area contributed by atoms with Gasteiger partial charge in [0.15, 0.2) is 12.4 Å². The van der Waals surface area contributed by atoms with Crippen LogP contribution in [0.3, 0.4) is 0 Å². The van der Waals surface area contributed by atoms with E-state index in [1.165, 1.54) is 65.9 Å². The molecule has 5 rings (SSSR count). The molecule has 274 valence electrons. The number of pyridine rings is 1. The molecule has 1 heterocycles. The summed E-state index contributed by atoms with van der Waals surface area (Å²) in [5.41, 5.74) is -2.26. The minimum atomic E-state index is -2.11. The fraction of sp³-hybridized carbons (Fsp3) is 0.343. The number of fused-ring (bicyclic) bond motifs is 3. The van der Waals surface area contributed by atoms with Crippen LogP contribution in [0.2, 0.25) is 0 Å². The van der Waals surface area contributed by atoms with E-state index in [-0.39, 0.29) is 66.1 Å². The molecule has 0 saturated heterocycles. The van der Waals surface area contributed by atoms with E-state index >= 15 is 0 Å². The summed E-state index contributed by atoms with van der Waals surface area (Å²) in [6.45, 7) is 2.92. The molecule has 1 aromatic heterocycles. The first-order chi connectivity index (χ1) is 24.8. The molecule has 0 aliphatic heterocycles. The number of ketones is 3. The van der Waals surface area contributed by atoms with Gasteiger partial charge in [-0.25, -0.2) is 14.6 Å². The van der Waals surface area contributed by atoms with Gasteiger partial charge < -0.3 is 39.3 Å². The van der Waals surface area contributed by atoms with Crippen molar-refractivity contribution in [3.63, 3.8) is 0 Å². The largest absolute Gasteiger partial charge is 0.507 e. The predicted octanol–water partition coefficient (Wildman–Crippen LogP) is 3.98. The maximum atomic E-state index is 13.5. The molecule has 0 bridgehead atoms. The number of Topliss-reactive ketones (excluding diaryl/α,β-unsaturated/α-hetero) is 1. The molecule has 0 saturated carbocycles. The van der Waals surface area contributed by atoms with E-state index in [4.69, 9.17) is 14.2 Å². The first-order valence-corrected chi connectivity index (χ1v) is 18.2. The average molecular weight is 753 g/mol. The van der Waals surface area contributed by atoms with Crippen LogP contribution in [0.4, 0.5) is 15.3 Å². The van der Waals surface area contributed by atoms with E-state index in [0.29, 0.717) is 11.4 Å². The van der Waals surface area contributed by atoms with Crippen LogP contribution in [0.5, 0.6) is 17.2 Å². The summed E-state index contributed by atoms with van der Waals surface area (Å²) in [4.78, 5) is 75.6. The van der Waals surface area contributed by atoms with Gasteiger partial charge in [0.25, 0.3) is 0 Å². The predicted molar refractivity (Wildman–Crippen MR) is 191 cm³/mol. The monoisotopic (exact) mass is 752 g/mol. The highest BCUT2D eigenvalue weighted by Crippen LogP contribution is 2.48. The minimum absolute atomic E-state index is 0.0278. The van der Waals surface area contributed by atoms with Crippen molar-refractivity contribution in [3.8, 4) is 17.2 Å². The Kier molecular flexibility index (Phi) is 11.8. The van der Waals surface area contributed by atoms with Gasteiger partial charge >= 0.3 is 12.2 Å². The number of phenolic OH excluding ortho intramolecular Hbond substituents is 2. The van der Waals surface area contributed by atoms with E-state index in [1.807, 2.05) is 6.07 Å². The number of phenols is 2. The van der Waals surface area contributed by atoms with Crippen molar-refractivity contribution in [2.24, 2.45) is 4.99 Å².